The van der Waals surface area contributed by atoms with E-state index in [4.69, 9.17) is 5.84 Å². The Morgan fingerprint density at radius 3 is 2.37 bits per heavy atom. The van der Waals surface area contributed by atoms with Crippen LogP contribution in [0.5, 0.6) is 0 Å². The smallest absolute Gasteiger partial charge is 0.299 e. The van der Waals surface area contributed by atoms with Gasteiger partial charge in [-0.3, -0.25) is 34.6 Å². The summed E-state index contributed by atoms with van der Waals surface area (Å²) in [4.78, 5) is 65.5. The Morgan fingerprint density at radius 1 is 0.974 bits per heavy atom. The van der Waals surface area contributed by atoms with Gasteiger partial charge in [0.1, 0.15) is 17.1 Å². The van der Waals surface area contributed by atoms with Gasteiger partial charge in [0, 0.05) is 23.6 Å². The lowest BCUT2D eigenvalue weighted by Gasteiger charge is -2.08. The summed E-state index contributed by atoms with van der Waals surface area (Å²) in [5.41, 5.74) is -1.34. The Bertz CT molecular complexity index is 1700. The number of nitrogens with two attached hydrogens (primary N) is 1. The number of non-ortho nitro benzene ring substituents is 1. The van der Waals surface area contributed by atoms with E-state index in [2.05, 4.69) is 20.4 Å². The molecule has 0 aliphatic carbocycles. The quantitative estimate of drug-likeness (QED) is 0.103. The van der Waals surface area contributed by atoms with Gasteiger partial charge in [-0.15, -0.1) is 0 Å². The third-order valence-electron chi connectivity index (χ3n) is 5.45. The van der Waals surface area contributed by atoms with Crippen molar-refractivity contribution in [3.05, 3.63) is 114 Å². The zero-order valence-electron chi connectivity index (χ0n) is 19.3. The number of fused-ring (bicyclic) bond motifs is 1. The number of anilines is 1. The number of benzene rings is 3. The van der Waals surface area contributed by atoms with E-state index < -0.39 is 39.1 Å². The lowest BCUT2D eigenvalue weighted by Crippen LogP contribution is -2.29. The van der Waals surface area contributed by atoms with E-state index in [9.17, 15) is 34.6 Å². The molecule has 3 aromatic carbocycles. The van der Waals surface area contributed by atoms with Crippen molar-refractivity contribution in [2.75, 3.05) is 5.32 Å². The van der Waals surface area contributed by atoms with Crippen molar-refractivity contribution in [3.63, 3.8) is 0 Å². The molecule has 14 nitrogen and oxygen atoms in total. The molecular weight excluding hydrogens is 498 g/mol. The number of carbonyl (C=O) groups is 2. The van der Waals surface area contributed by atoms with Gasteiger partial charge >= 0.3 is 0 Å². The number of aromatic amines is 1. The summed E-state index contributed by atoms with van der Waals surface area (Å²) in [6.07, 6.45) is -0.431. The standard InChI is InChI=1S/C24H17N7O7/c25-29-20(24(34)27-17-9-7-15(30(35)36)11-21(17)31(37)38)12-19-23(33)28-18-10-14(6-8-16(18)26-19)22(32)13-4-2-1-3-5-13/h1-11H,12,25H2,(H,27,34)(H,28,33)/b29-20-. The van der Waals surface area contributed by atoms with Crippen molar-refractivity contribution in [1.82, 2.24) is 9.97 Å². The van der Waals surface area contributed by atoms with E-state index >= 15 is 0 Å². The summed E-state index contributed by atoms with van der Waals surface area (Å²) in [5, 5.41) is 27.8. The van der Waals surface area contributed by atoms with Crippen LogP contribution in [0.15, 0.2) is 76.6 Å². The van der Waals surface area contributed by atoms with Gasteiger partial charge in [-0.05, 0) is 24.3 Å². The molecule has 1 aromatic heterocycles. The fourth-order valence-electron chi connectivity index (χ4n) is 3.57. The Balaban J connectivity index is 1.58. The number of hydrogen-bond acceptors (Lipinski definition) is 10. The molecule has 4 rings (SSSR count). The fraction of sp³-hybridized carbons (Fsp3) is 0.0417. The van der Waals surface area contributed by atoms with Crippen molar-refractivity contribution in [3.8, 4) is 0 Å². The first kappa shape index (κ1) is 25.3. The van der Waals surface area contributed by atoms with E-state index in [0.29, 0.717) is 22.7 Å². The number of rotatable bonds is 8. The van der Waals surface area contributed by atoms with Crippen LogP contribution in [0.2, 0.25) is 0 Å². The van der Waals surface area contributed by atoms with Gasteiger partial charge in [-0.25, -0.2) is 4.98 Å². The zero-order valence-corrected chi connectivity index (χ0v) is 19.3. The van der Waals surface area contributed by atoms with Gasteiger partial charge in [0.25, 0.3) is 22.8 Å². The van der Waals surface area contributed by atoms with Crippen LogP contribution in [0, 0.1) is 20.2 Å². The highest BCUT2D eigenvalue weighted by Gasteiger charge is 2.23. The molecule has 0 bridgehead atoms. The van der Waals surface area contributed by atoms with Gasteiger partial charge in [0.05, 0.1) is 26.9 Å². The summed E-state index contributed by atoms with van der Waals surface area (Å²) >= 11 is 0. The molecule has 14 heteroatoms. The largest absolute Gasteiger partial charge is 0.323 e. The van der Waals surface area contributed by atoms with Crippen molar-refractivity contribution < 1.29 is 19.4 Å². The predicted molar refractivity (Wildman–Crippen MR) is 136 cm³/mol. The highest BCUT2D eigenvalue weighted by atomic mass is 16.6. The van der Waals surface area contributed by atoms with E-state index in [1.807, 2.05) is 0 Å². The van der Waals surface area contributed by atoms with Crippen LogP contribution in [0.3, 0.4) is 0 Å². The number of amides is 1. The van der Waals surface area contributed by atoms with E-state index in [0.717, 1.165) is 12.1 Å². The third-order valence-corrected chi connectivity index (χ3v) is 5.45. The normalized spacial score (nSPS) is 11.2. The molecule has 38 heavy (non-hydrogen) atoms. The van der Waals surface area contributed by atoms with E-state index in [1.54, 1.807) is 36.4 Å². The first-order valence-corrected chi connectivity index (χ1v) is 10.8. The van der Waals surface area contributed by atoms with Crippen molar-refractivity contribution in [1.29, 1.82) is 0 Å². The number of nitrogens with one attached hydrogen (secondary N) is 2. The van der Waals surface area contributed by atoms with Crippen LogP contribution in [0.25, 0.3) is 11.0 Å². The maximum absolute atomic E-state index is 12.7. The number of nitro benzene ring substituents is 2. The van der Waals surface area contributed by atoms with Crippen LogP contribution in [-0.4, -0.2) is 37.2 Å². The number of H-pyrrole nitrogens is 1. The Labute approximate surface area is 212 Å². The molecular formula is C24H17N7O7. The van der Waals surface area contributed by atoms with Crippen molar-refractivity contribution >= 4 is 45.5 Å². The average Bonchev–Trinajstić information content (AvgIpc) is 2.91. The molecule has 4 aromatic rings. The molecule has 1 heterocycles. The topological polar surface area (TPSA) is 217 Å². The molecule has 0 fully saturated rings. The molecule has 0 aliphatic rings. The third kappa shape index (κ3) is 5.23. The first-order valence-electron chi connectivity index (χ1n) is 10.8. The number of ketones is 1. The highest BCUT2D eigenvalue weighted by Crippen LogP contribution is 2.29. The minimum Gasteiger partial charge on any atom is -0.323 e. The second-order valence-corrected chi connectivity index (χ2v) is 7.86. The molecule has 4 N–H and O–H groups in total. The van der Waals surface area contributed by atoms with Crippen molar-refractivity contribution in [2.24, 2.45) is 10.9 Å². The predicted octanol–water partition coefficient (Wildman–Crippen LogP) is 2.47. The zero-order chi connectivity index (χ0) is 27.4. The van der Waals surface area contributed by atoms with Gasteiger partial charge in [0.15, 0.2) is 5.78 Å². The van der Waals surface area contributed by atoms with Gasteiger partial charge in [-0.2, -0.15) is 5.10 Å². The van der Waals surface area contributed by atoms with E-state index in [-0.39, 0.29) is 28.4 Å². The molecule has 0 radical (unpaired) electrons. The number of hydrazone groups is 1. The SMILES string of the molecule is N/N=C(/Cc1nc2ccc(C(=O)c3ccccc3)cc2[nH]c1=O)C(=O)Nc1ccc([N+](=O)[O-])cc1[N+](=O)[O-]. The summed E-state index contributed by atoms with van der Waals surface area (Å²) in [5.74, 6) is 4.11. The second-order valence-electron chi connectivity index (χ2n) is 7.86. The van der Waals surface area contributed by atoms with Gasteiger partial charge in [-0.1, -0.05) is 30.3 Å². The van der Waals surface area contributed by atoms with Gasteiger partial charge in [0.2, 0.25) is 0 Å². The molecule has 0 spiro atoms. The average molecular weight is 515 g/mol. The maximum Gasteiger partial charge on any atom is 0.299 e. The highest BCUT2D eigenvalue weighted by molar-refractivity contribution is 6.43. The molecule has 0 unspecified atom stereocenters. The molecule has 190 valence electrons. The minimum atomic E-state index is -0.977. The molecule has 1 amide bonds. The fourth-order valence-corrected chi connectivity index (χ4v) is 3.57. The molecule has 0 saturated heterocycles. The summed E-state index contributed by atoms with van der Waals surface area (Å²) in [7, 11) is 0. The number of carbonyl (C=O) groups excluding carboxylic acids is 2. The lowest BCUT2D eigenvalue weighted by molar-refractivity contribution is -0.393. The molecule has 0 saturated carbocycles. The Morgan fingerprint density at radius 2 is 1.71 bits per heavy atom. The maximum atomic E-state index is 12.7. The summed E-state index contributed by atoms with van der Waals surface area (Å²) < 4.78 is 0. The van der Waals surface area contributed by atoms with Crippen LogP contribution in [-0.2, 0) is 11.2 Å². The minimum absolute atomic E-state index is 0.128. The first-order chi connectivity index (χ1) is 18.2. The van der Waals surface area contributed by atoms with Crippen LogP contribution >= 0.6 is 0 Å². The summed E-state index contributed by atoms with van der Waals surface area (Å²) in [6.45, 7) is 0. The Hall–Kier alpha value is -5.79. The molecule has 0 atom stereocenters. The van der Waals surface area contributed by atoms with Crippen molar-refractivity contribution in [2.45, 2.75) is 6.42 Å². The van der Waals surface area contributed by atoms with Crippen LogP contribution in [0.1, 0.15) is 21.6 Å². The van der Waals surface area contributed by atoms with Crippen LogP contribution < -0.4 is 16.7 Å². The lowest BCUT2D eigenvalue weighted by atomic mass is 10.0. The second kappa shape index (κ2) is 10.4. The number of nitrogens with zero attached hydrogens (tertiary/aromatic N) is 4. The van der Waals surface area contributed by atoms with Gasteiger partial charge < -0.3 is 16.1 Å². The number of nitro groups is 2. The van der Waals surface area contributed by atoms with Crippen LogP contribution in [0.4, 0.5) is 17.1 Å². The number of hydrogen-bond donors (Lipinski definition) is 3. The monoisotopic (exact) mass is 515 g/mol. The Kier molecular flexibility index (Phi) is 6.96. The molecule has 0 aliphatic heterocycles. The number of aromatic nitrogens is 2. The van der Waals surface area contributed by atoms with E-state index in [1.165, 1.54) is 12.1 Å². The summed E-state index contributed by atoms with van der Waals surface area (Å²) in [6, 6.07) is 15.8.